The first-order valence-corrected chi connectivity index (χ1v) is 4.38. The largest absolute Gasteiger partial charge is 0.245 e. The van der Waals surface area contributed by atoms with E-state index in [9.17, 15) is 0 Å². The van der Waals surface area contributed by atoms with Crippen molar-refractivity contribution in [3.8, 4) is 0 Å². The van der Waals surface area contributed by atoms with Crippen molar-refractivity contribution in [1.82, 2.24) is 4.98 Å². The van der Waals surface area contributed by atoms with Gasteiger partial charge in [-0.1, -0.05) is 28.7 Å². The third-order valence-corrected chi connectivity index (χ3v) is 1.87. The zero-order valence-corrected chi connectivity index (χ0v) is 7.58. The molecule has 0 radical (unpaired) electrons. The molecule has 0 saturated heterocycles. The van der Waals surface area contributed by atoms with Crippen LogP contribution in [0, 0.1) is 0 Å². The highest BCUT2D eigenvalue weighted by atomic mass is 127. The second-order valence-corrected chi connectivity index (χ2v) is 2.54. The Morgan fingerprint density at radius 2 is 2.40 bits per heavy atom. The Bertz CT molecular complexity index is 235. The van der Waals surface area contributed by atoms with E-state index in [1.807, 2.05) is 18.2 Å². The van der Waals surface area contributed by atoms with Crippen molar-refractivity contribution in [2.75, 3.05) is 0 Å². The smallest absolute Gasteiger partial charge is 0.151 e. The van der Waals surface area contributed by atoms with Gasteiger partial charge in [-0.25, -0.2) is 9.98 Å². The highest BCUT2D eigenvalue weighted by Gasteiger charge is 1.91. The van der Waals surface area contributed by atoms with Crippen molar-refractivity contribution in [3.05, 3.63) is 23.9 Å². The molecular formula is C7H7IN2. The molecule has 0 unspecified atom stereocenters. The summed E-state index contributed by atoms with van der Waals surface area (Å²) < 4.78 is 0.918. The van der Waals surface area contributed by atoms with Crippen LogP contribution in [0.15, 0.2) is 23.2 Å². The van der Waals surface area contributed by atoms with Crippen LogP contribution in [-0.2, 0) is 4.43 Å². The molecule has 0 aliphatic heterocycles. The fraction of sp³-hybridized carbons (Fsp3) is 0.143. The number of pyridine rings is 1. The zero-order valence-electron chi connectivity index (χ0n) is 5.42. The molecule has 0 atom stereocenters. The molecule has 1 aromatic rings. The van der Waals surface area contributed by atoms with E-state index in [1.165, 1.54) is 0 Å². The summed E-state index contributed by atoms with van der Waals surface area (Å²) in [7, 11) is 0. The van der Waals surface area contributed by atoms with Crippen molar-refractivity contribution in [3.63, 3.8) is 0 Å². The van der Waals surface area contributed by atoms with Gasteiger partial charge in [0.25, 0.3) is 0 Å². The third kappa shape index (κ3) is 1.76. The van der Waals surface area contributed by atoms with Gasteiger partial charge in [-0.15, -0.1) is 0 Å². The molecule has 0 aliphatic carbocycles. The van der Waals surface area contributed by atoms with E-state index >= 15 is 0 Å². The predicted octanol–water partition coefficient (Wildman–Crippen LogP) is 2.35. The molecule has 0 aliphatic rings. The first-order valence-electron chi connectivity index (χ1n) is 2.85. The van der Waals surface area contributed by atoms with Gasteiger partial charge < -0.3 is 0 Å². The van der Waals surface area contributed by atoms with Gasteiger partial charge in [0.1, 0.15) is 0 Å². The Labute approximate surface area is 73.5 Å². The summed E-state index contributed by atoms with van der Waals surface area (Å²) in [6.07, 6.45) is 0. The second kappa shape index (κ2) is 3.65. The molecule has 3 heteroatoms. The van der Waals surface area contributed by atoms with Crippen LogP contribution in [0.1, 0.15) is 5.69 Å². The number of rotatable bonds is 2. The molecule has 2 nitrogen and oxygen atoms in total. The first-order chi connectivity index (χ1) is 4.86. The molecule has 0 saturated carbocycles. The quantitative estimate of drug-likeness (QED) is 0.446. The molecule has 0 fully saturated rings. The summed E-state index contributed by atoms with van der Waals surface area (Å²) in [5.41, 5.74) is 1.05. The van der Waals surface area contributed by atoms with Crippen molar-refractivity contribution >= 4 is 35.1 Å². The zero-order chi connectivity index (χ0) is 7.40. The molecule has 1 heterocycles. The second-order valence-electron chi connectivity index (χ2n) is 1.78. The number of alkyl halides is 1. The fourth-order valence-electron chi connectivity index (χ4n) is 0.629. The molecule has 0 N–H and O–H groups in total. The predicted molar refractivity (Wildman–Crippen MR) is 51.2 cm³/mol. The van der Waals surface area contributed by atoms with Gasteiger partial charge in [-0.3, -0.25) is 0 Å². The fourth-order valence-corrected chi connectivity index (χ4v) is 1.05. The van der Waals surface area contributed by atoms with Crippen molar-refractivity contribution in [2.24, 2.45) is 4.99 Å². The Kier molecular flexibility index (Phi) is 2.80. The van der Waals surface area contributed by atoms with Gasteiger partial charge in [-0.05, 0) is 18.9 Å². The Morgan fingerprint density at radius 3 is 3.00 bits per heavy atom. The molecule has 1 aromatic heterocycles. The lowest BCUT2D eigenvalue weighted by Gasteiger charge is -1.94. The minimum Gasteiger partial charge on any atom is -0.245 e. The lowest BCUT2D eigenvalue weighted by atomic mass is 10.4. The van der Waals surface area contributed by atoms with Crippen LogP contribution < -0.4 is 0 Å². The minimum absolute atomic E-state index is 0.703. The summed E-state index contributed by atoms with van der Waals surface area (Å²) in [6, 6.07) is 5.74. The van der Waals surface area contributed by atoms with E-state index in [2.05, 4.69) is 39.3 Å². The SMILES string of the molecule is C=Nc1cccc(CI)n1. The van der Waals surface area contributed by atoms with E-state index in [4.69, 9.17) is 0 Å². The number of aromatic nitrogens is 1. The van der Waals surface area contributed by atoms with Crippen LogP contribution in [0.4, 0.5) is 5.82 Å². The standard InChI is InChI=1S/C7H7IN2/c1-9-7-4-2-3-6(5-8)10-7/h2-4H,1,5H2. The van der Waals surface area contributed by atoms with Gasteiger partial charge in [0.05, 0.1) is 5.69 Å². The number of hydrogen-bond acceptors (Lipinski definition) is 2. The maximum atomic E-state index is 4.17. The molecule has 0 spiro atoms. The summed E-state index contributed by atoms with van der Waals surface area (Å²) in [5, 5.41) is 0. The normalized spacial score (nSPS) is 9.30. The summed E-state index contributed by atoms with van der Waals surface area (Å²) in [5.74, 6) is 0.703. The molecule has 1 rings (SSSR count). The minimum atomic E-state index is 0.703. The third-order valence-electron chi connectivity index (χ3n) is 1.09. The Hall–Kier alpha value is -0.450. The van der Waals surface area contributed by atoms with E-state index in [-0.39, 0.29) is 0 Å². The van der Waals surface area contributed by atoms with Gasteiger partial charge >= 0.3 is 0 Å². The topological polar surface area (TPSA) is 25.2 Å². The number of aliphatic imine (C=N–C) groups is 1. The van der Waals surface area contributed by atoms with Crippen molar-refractivity contribution in [2.45, 2.75) is 4.43 Å². The lowest BCUT2D eigenvalue weighted by Crippen LogP contribution is -1.81. The maximum absolute atomic E-state index is 4.17. The first kappa shape index (κ1) is 7.65. The van der Waals surface area contributed by atoms with Gasteiger partial charge in [0, 0.05) is 4.43 Å². The molecule has 10 heavy (non-hydrogen) atoms. The molecular weight excluding hydrogens is 239 g/mol. The van der Waals surface area contributed by atoms with Crippen LogP contribution in [0.5, 0.6) is 0 Å². The Balaban J connectivity index is 2.98. The van der Waals surface area contributed by atoms with Crippen LogP contribution in [0.3, 0.4) is 0 Å². The Morgan fingerprint density at radius 1 is 1.60 bits per heavy atom. The number of nitrogens with zero attached hydrogens (tertiary/aromatic N) is 2. The van der Waals surface area contributed by atoms with Crippen molar-refractivity contribution in [1.29, 1.82) is 0 Å². The maximum Gasteiger partial charge on any atom is 0.151 e. The average Bonchev–Trinajstić information content (AvgIpc) is 2.05. The molecule has 52 valence electrons. The number of hydrogen-bond donors (Lipinski definition) is 0. The summed E-state index contributed by atoms with van der Waals surface area (Å²) in [4.78, 5) is 7.89. The van der Waals surface area contributed by atoms with E-state index in [0.717, 1.165) is 10.1 Å². The van der Waals surface area contributed by atoms with E-state index in [1.54, 1.807) is 0 Å². The van der Waals surface area contributed by atoms with Crippen molar-refractivity contribution < 1.29 is 0 Å². The van der Waals surface area contributed by atoms with Gasteiger partial charge in [0.15, 0.2) is 5.82 Å². The molecule has 0 bridgehead atoms. The van der Waals surface area contributed by atoms with Crippen LogP contribution in [0.25, 0.3) is 0 Å². The highest BCUT2D eigenvalue weighted by Crippen LogP contribution is 2.09. The van der Waals surface area contributed by atoms with Crippen LogP contribution in [0.2, 0.25) is 0 Å². The molecule has 0 amide bonds. The van der Waals surface area contributed by atoms with E-state index in [0.29, 0.717) is 5.82 Å². The summed E-state index contributed by atoms with van der Waals surface area (Å²) in [6.45, 7) is 3.39. The van der Waals surface area contributed by atoms with Gasteiger partial charge in [0.2, 0.25) is 0 Å². The van der Waals surface area contributed by atoms with E-state index < -0.39 is 0 Å². The highest BCUT2D eigenvalue weighted by molar-refractivity contribution is 14.1. The molecule has 0 aromatic carbocycles. The van der Waals surface area contributed by atoms with Gasteiger partial charge in [-0.2, -0.15) is 0 Å². The monoisotopic (exact) mass is 246 g/mol. The average molecular weight is 246 g/mol. The summed E-state index contributed by atoms with van der Waals surface area (Å²) >= 11 is 2.26. The van der Waals surface area contributed by atoms with Crippen LogP contribution >= 0.6 is 22.6 Å². The number of halogens is 1. The van der Waals surface area contributed by atoms with Crippen LogP contribution in [-0.4, -0.2) is 11.7 Å². The lowest BCUT2D eigenvalue weighted by molar-refractivity contribution is 1.18.